The van der Waals surface area contributed by atoms with Gasteiger partial charge in [-0.1, -0.05) is 66.7 Å². The summed E-state index contributed by atoms with van der Waals surface area (Å²) in [5, 5.41) is 0. The van der Waals surface area contributed by atoms with Crippen molar-refractivity contribution in [3.05, 3.63) is 95.7 Å². The highest BCUT2D eigenvalue weighted by Crippen LogP contribution is 2.13. The van der Waals surface area contributed by atoms with E-state index in [1.54, 1.807) is 0 Å². The molecule has 0 radical (unpaired) electrons. The van der Waals surface area contributed by atoms with Gasteiger partial charge in [-0.25, -0.2) is 0 Å². The molecule has 0 amide bonds. The molecular formula is C19H17NO. The van der Waals surface area contributed by atoms with Crippen LogP contribution < -0.4 is 0 Å². The van der Waals surface area contributed by atoms with Gasteiger partial charge in [0.15, 0.2) is 5.78 Å². The highest BCUT2D eigenvalue weighted by molar-refractivity contribution is 6.08. The number of ketones is 1. The highest BCUT2D eigenvalue weighted by Gasteiger charge is 2.08. The van der Waals surface area contributed by atoms with Crippen LogP contribution in [0.5, 0.6) is 0 Å². The molecule has 21 heavy (non-hydrogen) atoms. The van der Waals surface area contributed by atoms with Crippen LogP contribution in [0.1, 0.15) is 21.5 Å². The number of hydrogen-bond acceptors (Lipinski definition) is 2. The van der Waals surface area contributed by atoms with Gasteiger partial charge in [-0.2, -0.15) is 0 Å². The normalized spacial score (nSPS) is 13.4. The molecule has 2 heteroatoms. The zero-order valence-electron chi connectivity index (χ0n) is 11.8. The van der Waals surface area contributed by atoms with Crippen molar-refractivity contribution in [2.24, 2.45) is 0 Å². The summed E-state index contributed by atoms with van der Waals surface area (Å²) >= 11 is 0. The molecule has 0 N–H and O–H groups in total. The van der Waals surface area contributed by atoms with Crippen molar-refractivity contribution in [1.82, 2.24) is 4.90 Å². The monoisotopic (exact) mass is 275 g/mol. The lowest BCUT2D eigenvalue weighted by Crippen LogP contribution is -2.18. The van der Waals surface area contributed by atoms with E-state index in [0.29, 0.717) is 0 Å². The molecule has 0 atom stereocenters. The van der Waals surface area contributed by atoms with Crippen molar-refractivity contribution < 1.29 is 4.79 Å². The van der Waals surface area contributed by atoms with Gasteiger partial charge in [0.05, 0.1) is 0 Å². The van der Waals surface area contributed by atoms with Gasteiger partial charge in [0.2, 0.25) is 0 Å². The molecular weight excluding hydrogens is 258 g/mol. The van der Waals surface area contributed by atoms with Gasteiger partial charge >= 0.3 is 0 Å². The summed E-state index contributed by atoms with van der Waals surface area (Å²) in [6.07, 6.45) is 8.31. The number of hydrogen-bond donors (Lipinski definition) is 0. The topological polar surface area (TPSA) is 20.3 Å². The molecule has 2 aromatic carbocycles. The number of carbonyl (C=O) groups excluding carboxylic acids is 1. The summed E-state index contributed by atoms with van der Waals surface area (Å²) in [5.41, 5.74) is 2.67. The quantitative estimate of drug-likeness (QED) is 0.791. The van der Waals surface area contributed by atoms with E-state index in [4.69, 9.17) is 0 Å². The van der Waals surface area contributed by atoms with Crippen molar-refractivity contribution in [2.45, 2.75) is 6.54 Å². The van der Waals surface area contributed by atoms with Crippen molar-refractivity contribution in [3.63, 3.8) is 0 Å². The summed E-state index contributed by atoms with van der Waals surface area (Å²) in [5.74, 6) is 0.0722. The van der Waals surface area contributed by atoms with E-state index in [0.717, 1.165) is 24.2 Å². The molecule has 0 spiro atoms. The predicted octanol–water partition coefficient (Wildman–Crippen LogP) is 3.80. The molecule has 1 aliphatic rings. The number of carbonyl (C=O) groups is 1. The fourth-order valence-electron chi connectivity index (χ4n) is 2.38. The predicted molar refractivity (Wildman–Crippen MR) is 85.0 cm³/mol. The van der Waals surface area contributed by atoms with Gasteiger partial charge in [0.25, 0.3) is 0 Å². The van der Waals surface area contributed by atoms with Gasteiger partial charge < -0.3 is 4.90 Å². The smallest absolute Gasteiger partial charge is 0.193 e. The maximum atomic E-state index is 12.3. The molecule has 0 fully saturated rings. The number of nitrogens with zero attached hydrogens (tertiary/aromatic N) is 1. The third kappa shape index (κ3) is 3.29. The SMILES string of the molecule is O=C(c1ccccc1)c1ccc(CN2C=CC=CC2)cc1. The first kappa shape index (κ1) is 13.4. The van der Waals surface area contributed by atoms with E-state index in [2.05, 4.69) is 23.3 Å². The van der Waals surface area contributed by atoms with Gasteiger partial charge in [0.1, 0.15) is 0 Å². The van der Waals surface area contributed by atoms with E-state index in [9.17, 15) is 4.79 Å². The molecule has 2 aromatic rings. The number of benzene rings is 2. The molecule has 0 aromatic heterocycles. The standard InChI is InChI=1S/C19H17NO/c21-19(17-7-3-1-4-8-17)18-11-9-16(10-12-18)15-20-13-5-2-6-14-20/h1-13H,14-15H2. The third-order valence-electron chi connectivity index (χ3n) is 3.52. The Morgan fingerprint density at radius 2 is 1.62 bits per heavy atom. The Morgan fingerprint density at radius 3 is 2.29 bits per heavy atom. The number of rotatable bonds is 4. The van der Waals surface area contributed by atoms with Crippen LogP contribution in [-0.2, 0) is 6.54 Å². The molecule has 2 nitrogen and oxygen atoms in total. The lowest BCUT2D eigenvalue weighted by molar-refractivity contribution is 0.103. The number of allylic oxidation sites excluding steroid dienone is 2. The fraction of sp³-hybridized carbons (Fsp3) is 0.105. The average molecular weight is 275 g/mol. The third-order valence-corrected chi connectivity index (χ3v) is 3.52. The minimum absolute atomic E-state index is 0.0722. The van der Waals surface area contributed by atoms with Gasteiger partial charge in [-0.05, 0) is 17.8 Å². The average Bonchev–Trinajstić information content (AvgIpc) is 2.57. The second-order valence-electron chi connectivity index (χ2n) is 5.09. The van der Waals surface area contributed by atoms with Crippen molar-refractivity contribution in [1.29, 1.82) is 0 Å². The van der Waals surface area contributed by atoms with Crippen molar-refractivity contribution in [3.8, 4) is 0 Å². The van der Waals surface area contributed by atoms with Crippen molar-refractivity contribution in [2.75, 3.05) is 6.54 Å². The van der Waals surface area contributed by atoms with Crippen LogP contribution in [0, 0.1) is 0 Å². The van der Waals surface area contributed by atoms with Crippen LogP contribution in [0.2, 0.25) is 0 Å². The van der Waals surface area contributed by atoms with Crippen molar-refractivity contribution >= 4 is 5.78 Å². The zero-order valence-corrected chi connectivity index (χ0v) is 11.8. The van der Waals surface area contributed by atoms with Crippen LogP contribution in [0.3, 0.4) is 0 Å². The molecule has 1 aliphatic heterocycles. The Bertz CT molecular complexity index is 668. The molecule has 1 heterocycles. The van der Waals surface area contributed by atoms with E-state index in [1.165, 1.54) is 5.56 Å². The molecule has 104 valence electrons. The van der Waals surface area contributed by atoms with E-state index in [1.807, 2.05) is 60.7 Å². The largest absolute Gasteiger partial charge is 0.369 e. The summed E-state index contributed by atoms with van der Waals surface area (Å²) in [6, 6.07) is 17.3. The minimum Gasteiger partial charge on any atom is -0.369 e. The van der Waals surface area contributed by atoms with E-state index >= 15 is 0 Å². The Balaban J connectivity index is 1.71. The van der Waals surface area contributed by atoms with Gasteiger partial charge in [-0.3, -0.25) is 4.79 Å². The van der Waals surface area contributed by atoms with E-state index < -0.39 is 0 Å². The van der Waals surface area contributed by atoms with E-state index in [-0.39, 0.29) is 5.78 Å². The molecule has 0 unspecified atom stereocenters. The first-order valence-corrected chi connectivity index (χ1v) is 7.09. The van der Waals surface area contributed by atoms with Crippen LogP contribution in [-0.4, -0.2) is 17.2 Å². The second kappa shape index (κ2) is 6.23. The molecule has 0 aliphatic carbocycles. The minimum atomic E-state index is 0.0722. The second-order valence-corrected chi connectivity index (χ2v) is 5.09. The highest BCUT2D eigenvalue weighted by atomic mass is 16.1. The Labute approximate surface area is 125 Å². The Hall–Kier alpha value is -2.61. The first-order valence-electron chi connectivity index (χ1n) is 7.09. The van der Waals surface area contributed by atoms with Crippen LogP contribution in [0.4, 0.5) is 0 Å². The summed E-state index contributed by atoms with van der Waals surface area (Å²) in [7, 11) is 0. The van der Waals surface area contributed by atoms with Crippen LogP contribution in [0.15, 0.2) is 79.0 Å². The van der Waals surface area contributed by atoms with Crippen LogP contribution in [0.25, 0.3) is 0 Å². The summed E-state index contributed by atoms with van der Waals surface area (Å²) < 4.78 is 0. The lowest BCUT2D eigenvalue weighted by atomic mass is 10.0. The fourth-order valence-corrected chi connectivity index (χ4v) is 2.38. The maximum Gasteiger partial charge on any atom is 0.193 e. The Morgan fingerprint density at radius 1 is 0.905 bits per heavy atom. The van der Waals surface area contributed by atoms with Crippen LogP contribution >= 0.6 is 0 Å². The van der Waals surface area contributed by atoms with Gasteiger partial charge in [-0.15, -0.1) is 0 Å². The first-order chi connectivity index (χ1) is 10.3. The van der Waals surface area contributed by atoms with Gasteiger partial charge in [0, 0.05) is 24.2 Å². The maximum absolute atomic E-state index is 12.3. The molecule has 0 saturated carbocycles. The molecule has 0 bridgehead atoms. The lowest BCUT2D eigenvalue weighted by Gasteiger charge is -2.20. The summed E-state index contributed by atoms with van der Waals surface area (Å²) in [4.78, 5) is 14.5. The summed E-state index contributed by atoms with van der Waals surface area (Å²) in [6.45, 7) is 1.79. The zero-order chi connectivity index (χ0) is 14.5. The molecule has 3 rings (SSSR count). The molecule has 0 saturated heterocycles. The Kier molecular flexibility index (Phi) is 3.97.